The van der Waals surface area contributed by atoms with Crippen molar-refractivity contribution < 1.29 is 13.2 Å². The van der Waals surface area contributed by atoms with Crippen molar-refractivity contribution in [3.05, 3.63) is 0 Å². The number of sulfone groups is 1. The molecule has 6 nitrogen and oxygen atoms in total. The van der Waals surface area contributed by atoms with E-state index in [-0.39, 0.29) is 5.91 Å². The summed E-state index contributed by atoms with van der Waals surface area (Å²) < 4.78 is 23.8. The maximum atomic E-state index is 13.3. The molecule has 2 saturated heterocycles. The summed E-state index contributed by atoms with van der Waals surface area (Å²) in [6.45, 7) is 5.58. The molecule has 0 aromatic rings. The van der Waals surface area contributed by atoms with Gasteiger partial charge in [0.15, 0.2) is 14.6 Å². The third-order valence-electron chi connectivity index (χ3n) is 6.63. The van der Waals surface area contributed by atoms with Gasteiger partial charge in [-0.25, -0.2) is 8.42 Å². The van der Waals surface area contributed by atoms with Crippen LogP contribution in [0.3, 0.4) is 0 Å². The van der Waals surface area contributed by atoms with Crippen LogP contribution in [0.4, 0.5) is 0 Å². The molecule has 7 heteroatoms. The molecule has 2 aliphatic heterocycles. The minimum Gasteiger partial charge on any atom is -0.340 e. The van der Waals surface area contributed by atoms with Crippen LogP contribution in [0.25, 0.3) is 0 Å². The third kappa shape index (κ3) is 4.42. The van der Waals surface area contributed by atoms with Crippen LogP contribution in [0.5, 0.6) is 0 Å². The van der Waals surface area contributed by atoms with E-state index in [1.54, 1.807) is 0 Å². The molecule has 1 aliphatic carbocycles. The first kappa shape index (κ1) is 20.1. The van der Waals surface area contributed by atoms with Gasteiger partial charge in [-0.1, -0.05) is 19.3 Å². The summed E-state index contributed by atoms with van der Waals surface area (Å²) in [5, 5.41) is 3.19. The van der Waals surface area contributed by atoms with Crippen LogP contribution in [0.1, 0.15) is 51.4 Å². The standard InChI is InChI=1S/C19H35N3O3S/c1-26(24,25)19(8-10-20-11-9-19)18(23)22-13-5-12-21(14-15-22)16-17-6-3-2-4-7-17/h17,20H,2-16H2,1H3. The van der Waals surface area contributed by atoms with Gasteiger partial charge in [-0.15, -0.1) is 0 Å². The topological polar surface area (TPSA) is 69.7 Å². The van der Waals surface area contributed by atoms with Crippen LogP contribution in [0.2, 0.25) is 0 Å². The van der Waals surface area contributed by atoms with Crippen molar-refractivity contribution in [1.29, 1.82) is 0 Å². The summed E-state index contributed by atoms with van der Waals surface area (Å²) in [6.07, 6.45) is 9.73. The molecule has 26 heavy (non-hydrogen) atoms. The molecule has 3 fully saturated rings. The highest BCUT2D eigenvalue weighted by Gasteiger charge is 2.50. The highest BCUT2D eigenvalue weighted by atomic mass is 32.2. The Morgan fingerprint density at radius 1 is 1.00 bits per heavy atom. The molecule has 0 spiro atoms. The van der Waals surface area contributed by atoms with E-state index in [0.717, 1.165) is 32.0 Å². The largest absolute Gasteiger partial charge is 0.340 e. The van der Waals surface area contributed by atoms with Crippen molar-refractivity contribution in [2.45, 2.75) is 56.1 Å². The quantitative estimate of drug-likeness (QED) is 0.789. The number of carbonyl (C=O) groups is 1. The van der Waals surface area contributed by atoms with Gasteiger partial charge in [-0.3, -0.25) is 4.79 Å². The lowest BCUT2D eigenvalue weighted by atomic mass is 9.89. The van der Waals surface area contributed by atoms with E-state index in [9.17, 15) is 13.2 Å². The van der Waals surface area contributed by atoms with Gasteiger partial charge in [0.1, 0.15) is 0 Å². The lowest BCUT2D eigenvalue weighted by molar-refractivity contribution is -0.134. The summed E-state index contributed by atoms with van der Waals surface area (Å²) in [4.78, 5) is 17.6. The predicted molar refractivity (Wildman–Crippen MR) is 104 cm³/mol. The van der Waals surface area contributed by atoms with Gasteiger partial charge in [0.2, 0.25) is 5.91 Å². The zero-order valence-corrected chi connectivity index (χ0v) is 17.0. The zero-order chi connectivity index (χ0) is 18.6. The minimum absolute atomic E-state index is 0.152. The van der Waals surface area contributed by atoms with Crippen molar-refractivity contribution in [2.75, 3.05) is 52.1 Å². The molecule has 0 aromatic carbocycles. The molecule has 1 saturated carbocycles. The first-order valence-corrected chi connectivity index (χ1v) is 12.2. The zero-order valence-electron chi connectivity index (χ0n) is 16.2. The van der Waals surface area contributed by atoms with Gasteiger partial charge >= 0.3 is 0 Å². The van der Waals surface area contributed by atoms with Crippen molar-refractivity contribution in [3.63, 3.8) is 0 Å². The Bertz CT molecular complexity index is 581. The Labute approximate surface area is 158 Å². The number of rotatable bonds is 4. The first-order valence-electron chi connectivity index (χ1n) is 10.3. The maximum Gasteiger partial charge on any atom is 0.244 e. The first-order chi connectivity index (χ1) is 12.4. The summed E-state index contributed by atoms with van der Waals surface area (Å²) in [5.41, 5.74) is 0. The van der Waals surface area contributed by atoms with E-state index in [0.29, 0.717) is 39.0 Å². The lowest BCUT2D eigenvalue weighted by Gasteiger charge is -2.38. The molecule has 0 unspecified atom stereocenters. The summed E-state index contributed by atoms with van der Waals surface area (Å²) in [5.74, 6) is 0.652. The lowest BCUT2D eigenvalue weighted by Crippen LogP contribution is -2.58. The molecule has 3 rings (SSSR count). The summed E-state index contributed by atoms with van der Waals surface area (Å²) in [7, 11) is -3.43. The molecule has 1 amide bonds. The minimum atomic E-state index is -3.43. The van der Waals surface area contributed by atoms with E-state index in [1.165, 1.54) is 38.4 Å². The van der Waals surface area contributed by atoms with Crippen molar-refractivity contribution in [1.82, 2.24) is 15.1 Å². The van der Waals surface area contributed by atoms with E-state index in [1.807, 2.05) is 4.90 Å². The van der Waals surface area contributed by atoms with Crippen molar-refractivity contribution in [3.8, 4) is 0 Å². The Hall–Kier alpha value is -0.660. The molecule has 0 atom stereocenters. The molecule has 2 heterocycles. The van der Waals surface area contributed by atoms with Gasteiger partial charge in [0, 0.05) is 32.4 Å². The second-order valence-electron chi connectivity index (χ2n) is 8.47. The van der Waals surface area contributed by atoms with Crippen LogP contribution >= 0.6 is 0 Å². The fourth-order valence-electron chi connectivity index (χ4n) is 4.95. The summed E-state index contributed by atoms with van der Waals surface area (Å²) in [6, 6.07) is 0. The average Bonchev–Trinajstić information content (AvgIpc) is 2.87. The summed E-state index contributed by atoms with van der Waals surface area (Å²) >= 11 is 0. The van der Waals surface area contributed by atoms with Gasteiger partial charge in [0.05, 0.1) is 0 Å². The monoisotopic (exact) mass is 385 g/mol. The van der Waals surface area contributed by atoms with Crippen molar-refractivity contribution >= 4 is 15.7 Å². The number of hydrogen-bond donors (Lipinski definition) is 1. The molecule has 3 aliphatic rings. The Kier molecular flexibility index (Phi) is 6.62. The van der Waals surface area contributed by atoms with E-state index >= 15 is 0 Å². The number of carbonyl (C=O) groups excluding carboxylic acids is 1. The Morgan fingerprint density at radius 3 is 2.35 bits per heavy atom. The number of nitrogens with zero attached hydrogens (tertiary/aromatic N) is 2. The fraction of sp³-hybridized carbons (Fsp3) is 0.947. The van der Waals surface area contributed by atoms with Crippen LogP contribution in [-0.2, 0) is 14.6 Å². The molecule has 150 valence electrons. The predicted octanol–water partition coefficient (Wildman–Crippen LogP) is 1.27. The van der Waals surface area contributed by atoms with Crippen molar-refractivity contribution in [2.24, 2.45) is 5.92 Å². The molecule has 0 aromatic heterocycles. The second kappa shape index (κ2) is 8.57. The van der Waals surface area contributed by atoms with Gasteiger partial charge < -0.3 is 15.1 Å². The van der Waals surface area contributed by atoms with Gasteiger partial charge in [-0.05, 0) is 57.7 Å². The molecule has 0 radical (unpaired) electrons. The molecular formula is C19H35N3O3S. The highest BCUT2D eigenvalue weighted by Crippen LogP contribution is 2.31. The van der Waals surface area contributed by atoms with Crippen LogP contribution in [0, 0.1) is 5.92 Å². The van der Waals surface area contributed by atoms with E-state index in [4.69, 9.17) is 0 Å². The third-order valence-corrected chi connectivity index (χ3v) is 8.63. The smallest absolute Gasteiger partial charge is 0.244 e. The fourth-order valence-corrected chi connectivity index (χ4v) is 6.35. The van der Waals surface area contributed by atoms with Crippen LogP contribution in [-0.4, -0.2) is 80.9 Å². The van der Waals surface area contributed by atoms with Crippen LogP contribution < -0.4 is 5.32 Å². The Morgan fingerprint density at radius 2 is 1.69 bits per heavy atom. The SMILES string of the molecule is CS(=O)(=O)C1(C(=O)N2CCCN(CC3CCCCC3)CC2)CCNCC1. The number of nitrogens with one attached hydrogen (secondary N) is 1. The number of hydrogen-bond acceptors (Lipinski definition) is 5. The molecule has 0 bridgehead atoms. The van der Waals surface area contributed by atoms with E-state index in [2.05, 4.69) is 10.2 Å². The normalized spacial score (nSPS) is 26.4. The highest BCUT2D eigenvalue weighted by molar-refractivity contribution is 7.92. The Balaban J connectivity index is 1.62. The number of piperidine rings is 1. The van der Waals surface area contributed by atoms with Crippen LogP contribution in [0.15, 0.2) is 0 Å². The van der Waals surface area contributed by atoms with E-state index < -0.39 is 14.6 Å². The number of amides is 1. The second-order valence-corrected chi connectivity index (χ2v) is 10.8. The van der Waals surface area contributed by atoms with Gasteiger partial charge in [0.25, 0.3) is 0 Å². The van der Waals surface area contributed by atoms with Gasteiger partial charge in [-0.2, -0.15) is 0 Å². The molecule has 1 N–H and O–H groups in total. The molecular weight excluding hydrogens is 350 g/mol. The maximum absolute atomic E-state index is 13.3. The average molecular weight is 386 g/mol.